The van der Waals surface area contributed by atoms with Crippen molar-refractivity contribution in [2.45, 2.75) is 46.1 Å². The predicted octanol–water partition coefficient (Wildman–Crippen LogP) is 4.19. The molecule has 23 heavy (non-hydrogen) atoms. The highest BCUT2D eigenvalue weighted by atomic mass is 16.6. The Morgan fingerprint density at radius 3 is 2.30 bits per heavy atom. The molecule has 1 aromatic carbocycles. The van der Waals surface area contributed by atoms with Crippen LogP contribution in [0.5, 0.6) is 5.75 Å². The Morgan fingerprint density at radius 2 is 1.78 bits per heavy atom. The highest BCUT2D eigenvalue weighted by Gasteiger charge is 2.25. The first kappa shape index (κ1) is 17.3. The summed E-state index contributed by atoms with van der Waals surface area (Å²) in [6.07, 6.45) is 1.33. The van der Waals surface area contributed by atoms with Gasteiger partial charge in [-0.1, -0.05) is 0 Å². The number of nitrogens with zero attached hydrogens (tertiary/aromatic N) is 2. The molecule has 0 radical (unpaired) electrons. The van der Waals surface area contributed by atoms with Gasteiger partial charge in [-0.05, 0) is 52.0 Å². The van der Waals surface area contributed by atoms with Crippen molar-refractivity contribution in [3.05, 3.63) is 24.3 Å². The van der Waals surface area contributed by atoms with Gasteiger partial charge in [0, 0.05) is 31.6 Å². The largest absolute Gasteiger partial charge is 0.494 e. The molecule has 1 aliphatic heterocycles. The Hall–Kier alpha value is -2.04. The number of amides is 1. The second-order valence-corrected chi connectivity index (χ2v) is 6.57. The Bertz CT molecular complexity index is 549. The number of aliphatic imine (C=N–C) groups is 1. The third-order valence-electron chi connectivity index (χ3n) is 3.43. The van der Waals surface area contributed by atoms with Crippen molar-refractivity contribution in [3.8, 4) is 5.75 Å². The van der Waals surface area contributed by atoms with E-state index in [1.807, 2.05) is 52.0 Å². The molecule has 0 saturated carbocycles. The van der Waals surface area contributed by atoms with Gasteiger partial charge in [0.1, 0.15) is 11.4 Å². The minimum Gasteiger partial charge on any atom is -0.494 e. The lowest BCUT2D eigenvalue weighted by atomic mass is 10.1. The van der Waals surface area contributed by atoms with E-state index in [-0.39, 0.29) is 6.09 Å². The van der Waals surface area contributed by atoms with Crippen LogP contribution < -0.4 is 4.74 Å². The maximum Gasteiger partial charge on any atom is 0.410 e. The predicted molar refractivity (Wildman–Crippen MR) is 91.7 cm³/mol. The van der Waals surface area contributed by atoms with Gasteiger partial charge in [0.15, 0.2) is 0 Å². The van der Waals surface area contributed by atoms with Gasteiger partial charge in [-0.2, -0.15) is 0 Å². The number of carbonyl (C=O) groups is 1. The molecule has 0 aromatic heterocycles. The molecule has 1 aliphatic rings. The zero-order valence-corrected chi connectivity index (χ0v) is 14.5. The van der Waals surface area contributed by atoms with Gasteiger partial charge < -0.3 is 14.4 Å². The molecule has 0 unspecified atom stereocenters. The SMILES string of the molecule is CCOc1ccc(N=C2CCN(C(=O)OC(C)(C)C)CC2)cc1. The van der Waals surface area contributed by atoms with E-state index in [0.29, 0.717) is 19.7 Å². The fraction of sp³-hybridized carbons (Fsp3) is 0.556. The fourth-order valence-electron chi connectivity index (χ4n) is 2.35. The van der Waals surface area contributed by atoms with Crippen LogP contribution in [0.15, 0.2) is 29.3 Å². The summed E-state index contributed by atoms with van der Waals surface area (Å²) in [5.41, 5.74) is 1.59. The summed E-state index contributed by atoms with van der Waals surface area (Å²) < 4.78 is 10.8. The summed E-state index contributed by atoms with van der Waals surface area (Å²) in [5.74, 6) is 0.858. The number of ether oxygens (including phenoxy) is 2. The maximum atomic E-state index is 12.0. The van der Waals surface area contributed by atoms with Gasteiger partial charge in [0.25, 0.3) is 0 Å². The van der Waals surface area contributed by atoms with Crippen molar-refractivity contribution in [1.29, 1.82) is 0 Å². The van der Waals surface area contributed by atoms with Crippen LogP contribution in [-0.4, -0.2) is 42.0 Å². The van der Waals surface area contributed by atoms with Gasteiger partial charge in [-0.25, -0.2) is 4.79 Å². The number of piperidine rings is 1. The molecule has 1 saturated heterocycles. The van der Waals surface area contributed by atoms with Crippen LogP contribution >= 0.6 is 0 Å². The third-order valence-corrected chi connectivity index (χ3v) is 3.43. The van der Waals surface area contributed by atoms with Crippen molar-refractivity contribution in [3.63, 3.8) is 0 Å². The average molecular weight is 318 g/mol. The molecular formula is C18H26N2O3. The number of hydrogen-bond acceptors (Lipinski definition) is 4. The van der Waals surface area contributed by atoms with Gasteiger partial charge in [-0.3, -0.25) is 4.99 Å². The standard InChI is InChI=1S/C18H26N2O3/c1-5-22-16-8-6-14(7-9-16)19-15-10-12-20(13-11-15)17(21)23-18(2,3)4/h6-9H,5,10-13H2,1-4H3. The van der Waals surface area contributed by atoms with E-state index in [2.05, 4.69) is 4.99 Å². The Balaban J connectivity index is 1.89. The molecule has 1 heterocycles. The number of hydrogen-bond donors (Lipinski definition) is 0. The normalized spacial score (nSPS) is 15.3. The maximum absolute atomic E-state index is 12.0. The van der Waals surface area contributed by atoms with Crippen molar-refractivity contribution in [2.24, 2.45) is 4.99 Å². The van der Waals surface area contributed by atoms with Crippen molar-refractivity contribution in [1.82, 2.24) is 4.90 Å². The monoisotopic (exact) mass is 318 g/mol. The molecule has 5 nitrogen and oxygen atoms in total. The first-order valence-electron chi connectivity index (χ1n) is 8.14. The summed E-state index contributed by atoms with van der Waals surface area (Å²) in [5, 5.41) is 0. The second-order valence-electron chi connectivity index (χ2n) is 6.57. The van der Waals surface area contributed by atoms with E-state index < -0.39 is 5.60 Å². The summed E-state index contributed by atoms with van der Waals surface area (Å²) >= 11 is 0. The average Bonchev–Trinajstić information content (AvgIpc) is 2.48. The Labute approximate surface area is 138 Å². The molecule has 1 fully saturated rings. The van der Waals surface area contributed by atoms with Gasteiger partial charge in [0.05, 0.1) is 12.3 Å². The Morgan fingerprint density at radius 1 is 1.17 bits per heavy atom. The van der Waals surface area contributed by atoms with Crippen LogP contribution in [0.4, 0.5) is 10.5 Å². The van der Waals surface area contributed by atoms with Crippen LogP contribution in [0.25, 0.3) is 0 Å². The van der Waals surface area contributed by atoms with Crippen LogP contribution in [0, 0.1) is 0 Å². The van der Waals surface area contributed by atoms with Gasteiger partial charge in [-0.15, -0.1) is 0 Å². The van der Waals surface area contributed by atoms with Crippen molar-refractivity contribution in [2.75, 3.05) is 19.7 Å². The van der Waals surface area contributed by atoms with E-state index in [1.54, 1.807) is 4.90 Å². The van der Waals surface area contributed by atoms with E-state index >= 15 is 0 Å². The minimum atomic E-state index is -0.451. The van der Waals surface area contributed by atoms with Gasteiger partial charge >= 0.3 is 6.09 Å². The molecule has 0 spiro atoms. The lowest BCUT2D eigenvalue weighted by Gasteiger charge is -2.30. The first-order valence-corrected chi connectivity index (χ1v) is 8.14. The topological polar surface area (TPSA) is 51.1 Å². The highest BCUT2D eigenvalue weighted by molar-refractivity contribution is 5.89. The van der Waals surface area contributed by atoms with Crippen molar-refractivity contribution >= 4 is 17.5 Å². The molecule has 2 rings (SSSR count). The first-order chi connectivity index (χ1) is 10.9. The number of carbonyl (C=O) groups excluding carboxylic acids is 1. The number of benzene rings is 1. The summed E-state index contributed by atoms with van der Waals surface area (Å²) in [7, 11) is 0. The smallest absolute Gasteiger partial charge is 0.410 e. The molecular weight excluding hydrogens is 292 g/mol. The molecule has 5 heteroatoms. The summed E-state index contributed by atoms with van der Waals surface area (Å²) in [6, 6.07) is 7.77. The third kappa shape index (κ3) is 5.58. The molecule has 0 bridgehead atoms. The van der Waals surface area contributed by atoms with Crippen LogP contribution in [0.1, 0.15) is 40.5 Å². The van der Waals surface area contributed by atoms with Crippen LogP contribution in [0.2, 0.25) is 0 Å². The number of likely N-dealkylation sites (tertiary alicyclic amines) is 1. The zero-order chi connectivity index (χ0) is 16.9. The van der Waals surface area contributed by atoms with Gasteiger partial charge in [0.2, 0.25) is 0 Å². The molecule has 126 valence electrons. The van der Waals surface area contributed by atoms with E-state index in [4.69, 9.17) is 9.47 Å². The van der Waals surface area contributed by atoms with E-state index in [9.17, 15) is 4.79 Å². The van der Waals surface area contributed by atoms with E-state index in [0.717, 1.165) is 30.0 Å². The molecule has 0 atom stereocenters. The molecule has 1 aromatic rings. The summed E-state index contributed by atoms with van der Waals surface area (Å²) in [6.45, 7) is 9.59. The quantitative estimate of drug-likeness (QED) is 0.839. The van der Waals surface area contributed by atoms with Crippen LogP contribution in [0.3, 0.4) is 0 Å². The number of rotatable bonds is 3. The van der Waals surface area contributed by atoms with E-state index in [1.165, 1.54) is 0 Å². The summed E-state index contributed by atoms with van der Waals surface area (Å²) in [4.78, 5) is 18.5. The Kier molecular flexibility index (Phi) is 5.64. The minimum absolute atomic E-state index is 0.238. The molecule has 1 amide bonds. The second kappa shape index (κ2) is 7.49. The lowest BCUT2D eigenvalue weighted by molar-refractivity contribution is 0.0249. The fourth-order valence-corrected chi connectivity index (χ4v) is 2.35. The lowest BCUT2D eigenvalue weighted by Crippen LogP contribution is -2.41. The highest BCUT2D eigenvalue weighted by Crippen LogP contribution is 2.21. The molecule has 0 N–H and O–H groups in total. The van der Waals surface area contributed by atoms with Crippen molar-refractivity contribution < 1.29 is 14.3 Å². The zero-order valence-electron chi connectivity index (χ0n) is 14.5. The molecule has 0 aliphatic carbocycles. The van der Waals surface area contributed by atoms with Crippen LogP contribution in [-0.2, 0) is 4.74 Å².